The van der Waals surface area contributed by atoms with Crippen molar-refractivity contribution in [1.82, 2.24) is 9.78 Å². The highest BCUT2D eigenvalue weighted by molar-refractivity contribution is 5.73. The molecule has 3 aromatic rings. The number of hydrogen-bond acceptors (Lipinski definition) is 4. The quantitative estimate of drug-likeness (QED) is 0.689. The molecule has 1 aliphatic rings. The second-order valence-corrected chi connectivity index (χ2v) is 7.02. The van der Waals surface area contributed by atoms with E-state index in [1.54, 1.807) is 14.2 Å². The minimum Gasteiger partial charge on any atom is -0.493 e. The number of para-hydroxylation sites is 1. The molecule has 146 valence electrons. The van der Waals surface area contributed by atoms with E-state index in [2.05, 4.69) is 47.3 Å². The zero-order valence-electron chi connectivity index (χ0n) is 16.8. The number of methoxy groups -OCH3 is 2. The number of nitrogens with zero attached hydrogens (tertiary/aromatic N) is 2. The van der Waals surface area contributed by atoms with E-state index in [4.69, 9.17) is 14.6 Å². The van der Waals surface area contributed by atoms with Crippen LogP contribution >= 0.6 is 0 Å². The summed E-state index contributed by atoms with van der Waals surface area (Å²) in [5.74, 6) is 2.56. The molecule has 0 saturated heterocycles. The molecule has 28 heavy (non-hydrogen) atoms. The van der Waals surface area contributed by atoms with Crippen molar-refractivity contribution in [2.24, 2.45) is 0 Å². The zero-order chi connectivity index (χ0) is 19.5. The van der Waals surface area contributed by atoms with Crippen molar-refractivity contribution < 1.29 is 9.47 Å². The number of aromatic nitrogens is 2. The Morgan fingerprint density at radius 3 is 2.64 bits per heavy atom. The van der Waals surface area contributed by atoms with Crippen molar-refractivity contribution in [3.63, 3.8) is 0 Å². The van der Waals surface area contributed by atoms with Crippen LogP contribution in [-0.4, -0.2) is 30.5 Å². The van der Waals surface area contributed by atoms with Crippen LogP contribution in [0.25, 0.3) is 16.9 Å². The Morgan fingerprint density at radius 2 is 1.86 bits per heavy atom. The van der Waals surface area contributed by atoms with Crippen molar-refractivity contribution in [3.05, 3.63) is 53.6 Å². The smallest absolute Gasteiger partial charge is 0.161 e. The molecule has 0 saturated carbocycles. The molecule has 0 atom stereocenters. The molecule has 0 amide bonds. The Hall–Kier alpha value is -2.95. The van der Waals surface area contributed by atoms with Crippen LogP contribution < -0.4 is 14.8 Å². The summed E-state index contributed by atoms with van der Waals surface area (Å²) in [7, 11) is 3.32. The number of rotatable bonds is 5. The van der Waals surface area contributed by atoms with E-state index in [1.165, 1.54) is 11.1 Å². The van der Waals surface area contributed by atoms with Gasteiger partial charge in [0.25, 0.3) is 0 Å². The molecule has 0 unspecified atom stereocenters. The van der Waals surface area contributed by atoms with Crippen molar-refractivity contribution in [2.75, 3.05) is 26.1 Å². The minimum atomic E-state index is 0.721. The molecule has 5 nitrogen and oxygen atoms in total. The first kappa shape index (κ1) is 18.4. The molecule has 0 fully saturated rings. The molecule has 5 heteroatoms. The van der Waals surface area contributed by atoms with Gasteiger partial charge in [-0.1, -0.05) is 25.1 Å². The van der Waals surface area contributed by atoms with Gasteiger partial charge in [-0.25, -0.2) is 4.68 Å². The Kier molecular flexibility index (Phi) is 5.24. The summed E-state index contributed by atoms with van der Waals surface area (Å²) in [4.78, 5) is 0. The number of ether oxygens (including phenoxy) is 2. The second-order valence-electron chi connectivity index (χ2n) is 7.02. The van der Waals surface area contributed by atoms with E-state index in [0.29, 0.717) is 0 Å². The lowest BCUT2D eigenvalue weighted by Gasteiger charge is -2.12. The highest BCUT2D eigenvalue weighted by atomic mass is 16.5. The standard InChI is InChI=1S/C23H27N3O2/c1-4-16-9-5-6-11-19(16)26-23-18(10-7-8-14-24-23)22(25-26)17-12-13-20(27-2)21(15-17)28-3/h5-6,9,11-13,15,24H,4,7-8,10,14H2,1-3H3. The van der Waals surface area contributed by atoms with Gasteiger partial charge in [-0.3, -0.25) is 0 Å². The third-order valence-electron chi connectivity index (χ3n) is 5.39. The lowest BCUT2D eigenvalue weighted by molar-refractivity contribution is 0.355. The highest BCUT2D eigenvalue weighted by Crippen LogP contribution is 2.38. The number of fused-ring (bicyclic) bond motifs is 1. The molecule has 4 rings (SSSR count). The van der Waals surface area contributed by atoms with Crippen molar-refractivity contribution in [2.45, 2.75) is 32.6 Å². The third kappa shape index (κ3) is 3.21. The number of aryl methyl sites for hydroxylation is 1. The monoisotopic (exact) mass is 377 g/mol. The van der Waals surface area contributed by atoms with Gasteiger partial charge in [0.15, 0.2) is 11.5 Å². The first-order chi connectivity index (χ1) is 13.8. The van der Waals surface area contributed by atoms with Crippen molar-refractivity contribution in [3.8, 4) is 28.4 Å². The molecule has 0 radical (unpaired) electrons. The van der Waals surface area contributed by atoms with Gasteiger partial charge in [0, 0.05) is 17.7 Å². The van der Waals surface area contributed by atoms with Crippen LogP contribution in [0, 0.1) is 0 Å². The van der Waals surface area contributed by atoms with E-state index in [-0.39, 0.29) is 0 Å². The van der Waals surface area contributed by atoms with Crippen LogP contribution in [0.1, 0.15) is 30.9 Å². The van der Waals surface area contributed by atoms with Crippen LogP contribution in [0.3, 0.4) is 0 Å². The molecular formula is C23H27N3O2. The van der Waals surface area contributed by atoms with Gasteiger partial charge in [0.2, 0.25) is 0 Å². The molecule has 1 aromatic heterocycles. The predicted octanol–water partition coefficient (Wildman–Crippen LogP) is 4.87. The summed E-state index contributed by atoms with van der Waals surface area (Å²) in [5.41, 5.74) is 5.76. The highest BCUT2D eigenvalue weighted by Gasteiger charge is 2.23. The summed E-state index contributed by atoms with van der Waals surface area (Å²) in [6.45, 7) is 3.15. The molecule has 1 aliphatic heterocycles. The summed E-state index contributed by atoms with van der Waals surface area (Å²) in [6.07, 6.45) is 4.30. The maximum absolute atomic E-state index is 5.52. The molecular weight excluding hydrogens is 350 g/mol. The fourth-order valence-electron chi connectivity index (χ4n) is 3.91. The molecule has 0 bridgehead atoms. The number of anilines is 1. The Morgan fingerprint density at radius 1 is 1.04 bits per heavy atom. The third-order valence-corrected chi connectivity index (χ3v) is 5.39. The van der Waals surface area contributed by atoms with Gasteiger partial charge in [-0.15, -0.1) is 0 Å². The number of hydrogen-bond donors (Lipinski definition) is 1. The van der Waals surface area contributed by atoms with Gasteiger partial charge >= 0.3 is 0 Å². The zero-order valence-corrected chi connectivity index (χ0v) is 16.8. The lowest BCUT2D eigenvalue weighted by Crippen LogP contribution is -2.08. The average molecular weight is 377 g/mol. The summed E-state index contributed by atoms with van der Waals surface area (Å²) < 4.78 is 13.0. The van der Waals surface area contributed by atoms with Crippen molar-refractivity contribution in [1.29, 1.82) is 0 Å². The van der Waals surface area contributed by atoms with E-state index < -0.39 is 0 Å². The van der Waals surface area contributed by atoms with Gasteiger partial charge in [0.1, 0.15) is 5.82 Å². The first-order valence-corrected chi connectivity index (χ1v) is 9.93. The minimum absolute atomic E-state index is 0.721. The van der Waals surface area contributed by atoms with Gasteiger partial charge in [-0.05, 0) is 55.5 Å². The van der Waals surface area contributed by atoms with Gasteiger partial charge in [0.05, 0.1) is 25.6 Å². The van der Waals surface area contributed by atoms with E-state index in [1.807, 2.05) is 12.1 Å². The topological polar surface area (TPSA) is 48.3 Å². The normalized spacial score (nSPS) is 13.4. The number of nitrogens with one attached hydrogen (secondary N) is 1. The predicted molar refractivity (Wildman–Crippen MR) is 113 cm³/mol. The largest absolute Gasteiger partial charge is 0.493 e. The van der Waals surface area contributed by atoms with Crippen LogP contribution in [0.4, 0.5) is 5.82 Å². The molecule has 1 N–H and O–H groups in total. The second kappa shape index (κ2) is 7.97. The fourth-order valence-corrected chi connectivity index (χ4v) is 3.91. The first-order valence-electron chi connectivity index (χ1n) is 9.93. The van der Waals surface area contributed by atoms with Crippen LogP contribution in [0.5, 0.6) is 11.5 Å². The molecule has 2 heterocycles. The summed E-state index contributed by atoms with van der Waals surface area (Å²) in [6, 6.07) is 14.5. The van der Waals surface area contributed by atoms with Crippen LogP contribution in [0.15, 0.2) is 42.5 Å². The maximum atomic E-state index is 5.52. The Labute approximate surface area is 166 Å². The number of benzene rings is 2. The average Bonchev–Trinajstić information content (AvgIpc) is 2.93. The molecule has 2 aromatic carbocycles. The summed E-state index contributed by atoms with van der Waals surface area (Å²) >= 11 is 0. The Bertz CT molecular complexity index is 978. The van der Waals surface area contributed by atoms with E-state index in [0.717, 1.165) is 66.5 Å². The van der Waals surface area contributed by atoms with Crippen LogP contribution in [0.2, 0.25) is 0 Å². The lowest BCUT2D eigenvalue weighted by atomic mass is 10.0. The fraction of sp³-hybridized carbons (Fsp3) is 0.348. The van der Waals surface area contributed by atoms with Gasteiger partial charge < -0.3 is 14.8 Å². The van der Waals surface area contributed by atoms with E-state index >= 15 is 0 Å². The molecule has 0 spiro atoms. The Balaban J connectivity index is 1.91. The van der Waals surface area contributed by atoms with Crippen LogP contribution in [-0.2, 0) is 12.8 Å². The van der Waals surface area contributed by atoms with E-state index in [9.17, 15) is 0 Å². The van der Waals surface area contributed by atoms with Gasteiger partial charge in [-0.2, -0.15) is 5.10 Å². The molecule has 0 aliphatic carbocycles. The SMILES string of the molecule is CCc1ccccc1-n1nc(-c2ccc(OC)c(OC)c2)c2c1NCCCC2. The summed E-state index contributed by atoms with van der Waals surface area (Å²) in [5, 5.41) is 8.70. The maximum Gasteiger partial charge on any atom is 0.161 e. The van der Waals surface area contributed by atoms with Crippen molar-refractivity contribution >= 4 is 5.82 Å².